The molecule has 1 fully saturated rings. The van der Waals surface area contributed by atoms with E-state index in [9.17, 15) is 13.2 Å². The Balaban J connectivity index is 0.00000171. The second-order valence-corrected chi connectivity index (χ2v) is 8.69. The SMILES string of the molecule is O=C(NCc1ccc(S(=O)(=O)NC2CCCOC2)cc1)c1ccc2nccn2c1.[HH].[HH]. The normalized spacial score (nSPS) is 17.3. The summed E-state index contributed by atoms with van der Waals surface area (Å²) in [6.45, 7) is 1.37. The first-order valence-electron chi connectivity index (χ1n) is 9.41. The number of nitrogens with zero attached hydrogens (tertiary/aromatic N) is 2. The summed E-state index contributed by atoms with van der Waals surface area (Å²) >= 11 is 0. The predicted molar refractivity (Wildman–Crippen MR) is 111 cm³/mol. The number of carbonyl (C=O) groups is 1. The second-order valence-electron chi connectivity index (χ2n) is 6.97. The van der Waals surface area contributed by atoms with Crippen LogP contribution in [0.1, 0.15) is 31.6 Å². The maximum Gasteiger partial charge on any atom is 0.253 e. The summed E-state index contributed by atoms with van der Waals surface area (Å²) in [5, 5.41) is 2.84. The zero-order valence-electron chi connectivity index (χ0n) is 15.7. The molecule has 2 N–H and O–H groups in total. The van der Waals surface area contributed by atoms with Crippen molar-refractivity contribution in [2.24, 2.45) is 0 Å². The molecule has 1 aliphatic heterocycles. The van der Waals surface area contributed by atoms with Crippen molar-refractivity contribution in [1.29, 1.82) is 0 Å². The van der Waals surface area contributed by atoms with Crippen molar-refractivity contribution in [3.05, 3.63) is 66.1 Å². The third kappa shape index (κ3) is 4.64. The number of carbonyl (C=O) groups excluding carboxylic acids is 1. The van der Waals surface area contributed by atoms with E-state index in [0.717, 1.165) is 24.1 Å². The highest BCUT2D eigenvalue weighted by Crippen LogP contribution is 2.14. The van der Waals surface area contributed by atoms with Gasteiger partial charge in [0.15, 0.2) is 0 Å². The van der Waals surface area contributed by atoms with Crippen LogP contribution in [-0.2, 0) is 21.3 Å². The van der Waals surface area contributed by atoms with Gasteiger partial charge < -0.3 is 14.5 Å². The molecule has 0 aliphatic carbocycles. The predicted octanol–water partition coefficient (Wildman–Crippen LogP) is 2.21. The van der Waals surface area contributed by atoms with E-state index < -0.39 is 10.0 Å². The van der Waals surface area contributed by atoms with Crippen LogP contribution in [-0.4, -0.2) is 43.0 Å². The monoisotopic (exact) mass is 418 g/mol. The second kappa shape index (κ2) is 8.32. The highest BCUT2D eigenvalue weighted by atomic mass is 32.2. The highest BCUT2D eigenvalue weighted by molar-refractivity contribution is 7.89. The molecule has 29 heavy (non-hydrogen) atoms. The molecule has 1 aromatic carbocycles. The Kier molecular flexibility index (Phi) is 5.61. The number of benzene rings is 1. The van der Waals surface area contributed by atoms with Crippen molar-refractivity contribution in [2.45, 2.75) is 30.3 Å². The fourth-order valence-electron chi connectivity index (χ4n) is 3.25. The molecule has 4 rings (SSSR count). The van der Waals surface area contributed by atoms with Crippen molar-refractivity contribution in [1.82, 2.24) is 19.4 Å². The Hall–Kier alpha value is -2.75. The topological polar surface area (TPSA) is 102 Å². The molecule has 3 aromatic rings. The number of ether oxygens (including phenoxy) is 1. The molecule has 1 unspecified atom stereocenters. The van der Waals surface area contributed by atoms with Crippen molar-refractivity contribution in [3.8, 4) is 0 Å². The quantitative estimate of drug-likeness (QED) is 0.639. The third-order valence-electron chi connectivity index (χ3n) is 4.82. The summed E-state index contributed by atoms with van der Waals surface area (Å²) in [7, 11) is -3.59. The molecule has 1 aliphatic rings. The molecular formula is C20H26N4O4S. The van der Waals surface area contributed by atoms with Crippen LogP contribution >= 0.6 is 0 Å². The van der Waals surface area contributed by atoms with Crippen LogP contribution in [0, 0.1) is 0 Å². The molecule has 1 amide bonds. The van der Waals surface area contributed by atoms with Gasteiger partial charge in [-0.1, -0.05) is 12.1 Å². The van der Waals surface area contributed by atoms with E-state index in [1.54, 1.807) is 59.4 Å². The van der Waals surface area contributed by atoms with E-state index in [1.807, 2.05) is 0 Å². The number of imidazole rings is 1. The number of nitrogens with one attached hydrogen (secondary N) is 2. The molecule has 9 heteroatoms. The number of fused-ring (bicyclic) bond motifs is 1. The summed E-state index contributed by atoms with van der Waals surface area (Å²) in [4.78, 5) is 16.7. The van der Waals surface area contributed by atoms with Crippen LogP contribution in [0.2, 0.25) is 0 Å². The van der Waals surface area contributed by atoms with Crippen LogP contribution in [0.4, 0.5) is 0 Å². The first kappa shape index (κ1) is 19.6. The Morgan fingerprint density at radius 1 is 1.24 bits per heavy atom. The lowest BCUT2D eigenvalue weighted by molar-refractivity contribution is 0.0774. The van der Waals surface area contributed by atoms with Crippen LogP contribution in [0.15, 0.2) is 59.9 Å². The fourth-order valence-corrected chi connectivity index (χ4v) is 4.50. The standard InChI is InChI=1S/C20H22N4O4S.2H2/c25-20(16-5-8-19-21-9-10-24(19)13-16)22-12-15-3-6-18(7-4-15)29(26,27)23-17-2-1-11-28-14-17;;/h3-10,13,17,23H,1-2,11-12,14H2,(H,22,25);2*1H. The molecular weight excluding hydrogens is 392 g/mol. The van der Waals surface area contributed by atoms with Gasteiger partial charge in [-0.3, -0.25) is 4.79 Å². The smallest absolute Gasteiger partial charge is 0.253 e. The van der Waals surface area contributed by atoms with Gasteiger partial charge in [0, 0.05) is 40.6 Å². The Labute approximate surface area is 171 Å². The van der Waals surface area contributed by atoms with E-state index in [4.69, 9.17) is 4.74 Å². The molecule has 156 valence electrons. The summed E-state index contributed by atoms with van der Waals surface area (Å²) in [6, 6.07) is 9.79. The van der Waals surface area contributed by atoms with Gasteiger partial charge in [-0.25, -0.2) is 18.1 Å². The van der Waals surface area contributed by atoms with Gasteiger partial charge in [0.1, 0.15) is 5.65 Å². The zero-order chi connectivity index (χ0) is 20.3. The van der Waals surface area contributed by atoms with Crippen molar-refractivity contribution in [3.63, 3.8) is 0 Å². The van der Waals surface area contributed by atoms with E-state index >= 15 is 0 Å². The fraction of sp³-hybridized carbons (Fsp3) is 0.300. The average molecular weight is 419 g/mol. The average Bonchev–Trinajstić information content (AvgIpc) is 3.20. The van der Waals surface area contributed by atoms with Crippen molar-refractivity contribution in [2.75, 3.05) is 13.2 Å². The lowest BCUT2D eigenvalue weighted by Crippen LogP contribution is -2.40. The summed E-state index contributed by atoms with van der Waals surface area (Å²) < 4.78 is 34.8. The first-order chi connectivity index (χ1) is 14.0. The van der Waals surface area contributed by atoms with Gasteiger partial charge in [-0.15, -0.1) is 0 Å². The number of sulfonamides is 1. The molecule has 8 nitrogen and oxygen atoms in total. The molecule has 0 radical (unpaired) electrons. The summed E-state index contributed by atoms with van der Waals surface area (Å²) in [5.74, 6) is -0.212. The number of pyridine rings is 1. The lowest BCUT2D eigenvalue weighted by Gasteiger charge is -2.23. The molecule has 1 saturated heterocycles. The number of hydrogen-bond donors (Lipinski definition) is 2. The molecule has 0 spiro atoms. The summed E-state index contributed by atoms with van der Waals surface area (Å²) in [5.41, 5.74) is 2.10. The van der Waals surface area contributed by atoms with Crippen LogP contribution < -0.4 is 10.0 Å². The minimum absolute atomic E-state index is 0. The molecule has 0 saturated carbocycles. The Bertz CT molecular complexity index is 1110. The highest BCUT2D eigenvalue weighted by Gasteiger charge is 2.22. The number of amides is 1. The summed E-state index contributed by atoms with van der Waals surface area (Å²) in [6.07, 6.45) is 6.78. The van der Waals surface area contributed by atoms with Crippen LogP contribution in [0.5, 0.6) is 0 Å². The molecule has 3 heterocycles. The van der Waals surface area contributed by atoms with Crippen molar-refractivity contribution < 1.29 is 20.8 Å². The van der Waals surface area contributed by atoms with Gasteiger partial charge in [-0.2, -0.15) is 0 Å². The lowest BCUT2D eigenvalue weighted by atomic mass is 10.1. The first-order valence-corrected chi connectivity index (χ1v) is 10.9. The van der Waals surface area contributed by atoms with E-state index in [0.29, 0.717) is 25.3 Å². The number of hydrogen-bond acceptors (Lipinski definition) is 5. The maximum atomic E-state index is 12.5. The van der Waals surface area contributed by atoms with Gasteiger partial charge >= 0.3 is 0 Å². The molecule has 2 aromatic heterocycles. The zero-order valence-corrected chi connectivity index (χ0v) is 16.6. The van der Waals surface area contributed by atoms with E-state index in [1.165, 1.54) is 0 Å². The van der Waals surface area contributed by atoms with Gasteiger partial charge in [0.25, 0.3) is 5.91 Å². The Morgan fingerprint density at radius 3 is 2.83 bits per heavy atom. The number of rotatable bonds is 6. The van der Waals surface area contributed by atoms with Crippen LogP contribution in [0.3, 0.4) is 0 Å². The molecule has 1 atom stereocenters. The minimum atomic E-state index is -3.59. The Morgan fingerprint density at radius 2 is 2.07 bits per heavy atom. The number of aromatic nitrogens is 2. The van der Waals surface area contributed by atoms with Gasteiger partial charge in [0.05, 0.1) is 17.1 Å². The third-order valence-corrected chi connectivity index (χ3v) is 6.36. The minimum Gasteiger partial charge on any atom is -0.380 e. The van der Waals surface area contributed by atoms with Gasteiger partial charge in [-0.05, 0) is 42.7 Å². The van der Waals surface area contributed by atoms with Crippen molar-refractivity contribution >= 4 is 21.6 Å². The largest absolute Gasteiger partial charge is 0.380 e. The van der Waals surface area contributed by atoms with E-state index in [-0.39, 0.29) is 19.7 Å². The maximum absolute atomic E-state index is 12.5. The van der Waals surface area contributed by atoms with Gasteiger partial charge in [0.2, 0.25) is 10.0 Å². The molecule has 0 bridgehead atoms. The van der Waals surface area contributed by atoms with E-state index in [2.05, 4.69) is 15.0 Å². The van der Waals surface area contributed by atoms with Crippen LogP contribution in [0.25, 0.3) is 5.65 Å².